The van der Waals surface area contributed by atoms with Crippen LogP contribution in [0.3, 0.4) is 0 Å². The highest BCUT2D eigenvalue weighted by Crippen LogP contribution is 1.53. The van der Waals surface area contributed by atoms with Gasteiger partial charge in [-0.2, -0.15) is 0 Å². The van der Waals surface area contributed by atoms with E-state index in [2.05, 4.69) is 0 Å². The van der Waals surface area contributed by atoms with Gasteiger partial charge >= 0.3 is 0 Å². The molecule has 0 aliphatic rings. The van der Waals surface area contributed by atoms with E-state index in [9.17, 15) is 4.79 Å². The standard InChI is InChI=1S/C3H9N.C3H6O.2C2H6/c1-4(2)3;1-2-3-4;2*1-2/h1-3H3;3H,2H2,1H3;2*1-2H3. The number of nitrogens with zero attached hydrogens (tertiary/aromatic N) is 1. The highest BCUT2D eigenvalue weighted by molar-refractivity contribution is 5.48. The van der Waals surface area contributed by atoms with E-state index in [-0.39, 0.29) is 0 Å². The van der Waals surface area contributed by atoms with Gasteiger partial charge in [-0.1, -0.05) is 34.6 Å². The smallest absolute Gasteiger partial charge is 0.119 e. The molecule has 0 unspecified atom stereocenters. The minimum absolute atomic E-state index is 0.639. The van der Waals surface area contributed by atoms with E-state index in [1.165, 1.54) is 0 Å². The van der Waals surface area contributed by atoms with Gasteiger partial charge in [-0.15, -0.1) is 0 Å². The third-order valence-electron chi connectivity index (χ3n) is 0.167. The lowest BCUT2D eigenvalue weighted by Gasteiger charge is -1.90. The van der Waals surface area contributed by atoms with Crippen molar-refractivity contribution in [3.63, 3.8) is 0 Å². The molecule has 0 fully saturated rings. The Labute approximate surface area is 79.0 Å². The maximum absolute atomic E-state index is 9.17. The molecule has 0 aromatic rings. The Kier molecular flexibility index (Phi) is 86.5. The minimum Gasteiger partial charge on any atom is -0.312 e. The van der Waals surface area contributed by atoms with Gasteiger partial charge in [-0.05, 0) is 21.1 Å². The van der Waals surface area contributed by atoms with E-state index in [0.717, 1.165) is 6.29 Å². The molecule has 0 rings (SSSR count). The zero-order chi connectivity index (χ0) is 11.0. The summed E-state index contributed by atoms with van der Waals surface area (Å²) in [6.45, 7) is 9.81. The SMILES string of the molecule is CC.CC.CCC=O.CN(C)C. The van der Waals surface area contributed by atoms with Crippen LogP contribution in [0.4, 0.5) is 0 Å². The predicted molar refractivity (Wildman–Crippen MR) is 58.7 cm³/mol. The lowest BCUT2D eigenvalue weighted by molar-refractivity contribution is -0.107. The normalized spacial score (nSPS) is 6.08. The molecular formula is C10H27NO. The van der Waals surface area contributed by atoms with Gasteiger partial charge in [-0.3, -0.25) is 0 Å². The lowest BCUT2D eigenvalue weighted by atomic mass is 10.6. The summed E-state index contributed by atoms with van der Waals surface area (Å²) in [4.78, 5) is 11.2. The van der Waals surface area contributed by atoms with Gasteiger partial charge in [0, 0.05) is 6.42 Å². The molecule has 2 heteroatoms. The van der Waals surface area contributed by atoms with Gasteiger partial charge in [-0.25, -0.2) is 0 Å². The fraction of sp³-hybridized carbons (Fsp3) is 0.900. The average Bonchev–Trinajstić information content (AvgIpc) is 2.10. The van der Waals surface area contributed by atoms with Crippen LogP contribution in [-0.2, 0) is 4.79 Å². The van der Waals surface area contributed by atoms with Crippen LogP contribution in [0.25, 0.3) is 0 Å². The summed E-state index contributed by atoms with van der Waals surface area (Å²) in [6.07, 6.45) is 1.51. The second-order valence-electron chi connectivity index (χ2n) is 1.92. The second-order valence-corrected chi connectivity index (χ2v) is 1.92. The van der Waals surface area contributed by atoms with Gasteiger partial charge in [0.15, 0.2) is 0 Å². The number of carbonyl (C=O) groups is 1. The number of carbonyl (C=O) groups excluding carboxylic acids is 1. The molecule has 0 atom stereocenters. The van der Waals surface area contributed by atoms with Crippen LogP contribution >= 0.6 is 0 Å². The third kappa shape index (κ3) is 1810. The molecule has 0 aromatic carbocycles. The molecule has 0 N–H and O–H groups in total. The van der Waals surface area contributed by atoms with E-state index in [0.29, 0.717) is 6.42 Å². The summed E-state index contributed by atoms with van der Waals surface area (Å²) in [5.41, 5.74) is 0. The summed E-state index contributed by atoms with van der Waals surface area (Å²) < 4.78 is 0. The first-order chi connectivity index (χ1) is 5.65. The fourth-order valence-corrected chi connectivity index (χ4v) is 0. The minimum atomic E-state index is 0.639. The van der Waals surface area contributed by atoms with Gasteiger partial charge in [0.2, 0.25) is 0 Å². The van der Waals surface area contributed by atoms with Gasteiger partial charge in [0.05, 0.1) is 0 Å². The van der Waals surface area contributed by atoms with Crippen molar-refractivity contribution in [2.45, 2.75) is 41.0 Å². The Morgan fingerprint density at radius 3 is 1.08 bits per heavy atom. The quantitative estimate of drug-likeness (QED) is 0.574. The van der Waals surface area contributed by atoms with Crippen LogP contribution in [0.5, 0.6) is 0 Å². The number of aldehydes is 1. The lowest BCUT2D eigenvalue weighted by Crippen LogP contribution is -1.99. The molecule has 0 saturated heterocycles. The van der Waals surface area contributed by atoms with Crippen molar-refractivity contribution in [1.29, 1.82) is 0 Å². The summed E-state index contributed by atoms with van der Waals surface area (Å²) in [5.74, 6) is 0. The molecular weight excluding hydrogens is 150 g/mol. The van der Waals surface area contributed by atoms with Crippen LogP contribution in [0.2, 0.25) is 0 Å². The molecule has 0 aromatic heterocycles. The van der Waals surface area contributed by atoms with Crippen molar-refractivity contribution in [3.8, 4) is 0 Å². The maximum Gasteiger partial charge on any atom is 0.119 e. The van der Waals surface area contributed by atoms with Crippen LogP contribution in [0.1, 0.15) is 41.0 Å². The van der Waals surface area contributed by atoms with Crippen molar-refractivity contribution in [1.82, 2.24) is 4.90 Å². The summed E-state index contributed by atoms with van der Waals surface area (Å²) in [7, 11) is 6.00. The highest BCUT2D eigenvalue weighted by Gasteiger charge is 1.58. The van der Waals surface area contributed by atoms with Gasteiger partial charge in [0.1, 0.15) is 6.29 Å². The Bertz CT molecular complexity index is 42.3. The molecule has 0 aliphatic carbocycles. The number of rotatable bonds is 1. The molecule has 12 heavy (non-hydrogen) atoms. The van der Waals surface area contributed by atoms with Crippen LogP contribution in [0.15, 0.2) is 0 Å². The number of hydrogen-bond donors (Lipinski definition) is 0. The molecule has 0 bridgehead atoms. The van der Waals surface area contributed by atoms with Crippen LogP contribution in [0, 0.1) is 0 Å². The van der Waals surface area contributed by atoms with Crippen molar-refractivity contribution < 1.29 is 4.79 Å². The van der Waals surface area contributed by atoms with E-state index < -0.39 is 0 Å². The maximum atomic E-state index is 9.17. The Balaban J connectivity index is -0.0000000380. The third-order valence-corrected chi connectivity index (χ3v) is 0.167. The van der Waals surface area contributed by atoms with Crippen molar-refractivity contribution >= 4 is 6.29 Å². The molecule has 0 amide bonds. The van der Waals surface area contributed by atoms with Gasteiger partial charge < -0.3 is 9.69 Å². The zero-order valence-corrected chi connectivity index (χ0v) is 10.1. The van der Waals surface area contributed by atoms with Gasteiger partial charge in [0.25, 0.3) is 0 Å². The van der Waals surface area contributed by atoms with E-state index in [4.69, 9.17) is 0 Å². The van der Waals surface area contributed by atoms with Crippen molar-refractivity contribution in [2.24, 2.45) is 0 Å². The topological polar surface area (TPSA) is 20.3 Å². The largest absolute Gasteiger partial charge is 0.312 e. The van der Waals surface area contributed by atoms with Crippen LogP contribution < -0.4 is 0 Å². The fourth-order valence-electron chi connectivity index (χ4n) is 0. The molecule has 0 radical (unpaired) electrons. The first kappa shape index (κ1) is 22.6. The molecule has 2 nitrogen and oxygen atoms in total. The predicted octanol–water partition coefficient (Wildman–Crippen LogP) is 2.83. The van der Waals surface area contributed by atoms with Crippen molar-refractivity contribution in [3.05, 3.63) is 0 Å². The average molecular weight is 177 g/mol. The Hall–Kier alpha value is -0.370. The molecule has 0 saturated carbocycles. The molecule has 78 valence electrons. The number of hydrogen-bond acceptors (Lipinski definition) is 2. The van der Waals surface area contributed by atoms with E-state index in [1.54, 1.807) is 0 Å². The molecule has 0 spiro atoms. The molecule has 0 aliphatic heterocycles. The second kappa shape index (κ2) is 46.0. The molecule has 0 heterocycles. The zero-order valence-electron chi connectivity index (χ0n) is 10.1. The Morgan fingerprint density at radius 2 is 1.08 bits per heavy atom. The summed E-state index contributed by atoms with van der Waals surface area (Å²) in [6, 6.07) is 0. The van der Waals surface area contributed by atoms with Crippen LogP contribution in [-0.4, -0.2) is 32.3 Å². The summed E-state index contributed by atoms with van der Waals surface area (Å²) >= 11 is 0. The Morgan fingerprint density at radius 1 is 1.00 bits per heavy atom. The highest BCUT2D eigenvalue weighted by atomic mass is 16.1. The monoisotopic (exact) mass is 177 g/mol. The van der Waals surface area contributed by atoms with Crippen molar-refractivity contribution in [2.75, 3.05) is 21.1 Å². The first-order valence-corrected chi connectivity index (χ1v) is 4.69. The van der Waals surface area contributed by atoms with E-state index >= 15 is 0 Å². The van der Waals surface area contributed by atoms with E-state index in [1.807, 2.05) is 60.7 Å². The summed E-state index contributed by atoms with van der Waals surface area (Å²) in [5, 5.41) is 0. The first-order valence-electron chi connectivity index (χ1n) is 4.69.